The lowest BCUT2D eigenvalue weighted by Crippen LogP contribution is -2.42. The van der Waals surface area contributed by atoms with Gasteiger partial charge in [-0.1, -0.05) is 11.6 Å². The van der Waals surface area contributed by atoms with Crippen LogP contribution >= 0.6 is 11.6 Å². The standard InChI is InChI=1S/C20H24ClN5O4/c1-24-16-5-6-26(20(28)22-15-11-13(21)3-4-17(15)29-2)12-14(16)18(23-24)19(27)25-7-9-30-10-8-25/h3-4,11H,5-10,12H2,1-2H3,(H,22,28). The maximum absolute atomic E-state index is 13.0. The highest BCUT2D eigenvalue weighted by Crippen LogP contribution is 2.29. The maximum Gasteiger partial charge on any atom is 0.322 e. The number of aryl methyl sites for hydroxylation is 1. The number of amides is 3. The lowest BCUT2D eigenvalue weighted by atomic mass is 10.0. The number of benzene rings is 1. The van der Waals surface area contributed by atoms with Crippen LogP contribution in [0.15, 0.2) is 18.2 Å². The Balaban J connectivity index is 1.53. The van der Waals surface area contributed by atoms with Crippen molar-refractivity contribution in [1.82, 2.24) is 19.6 Å². The van der Waals surface area contributed by atoms with E-state index in [1.165, 1.54) is 7.11 Å². The number of methoxy groups -OCH3 is 1. The number of anilines is 1. The molecule has 0 radical (unpaired) electrons. The number of carbonyl (C=O) groups excluding carboxylic acids is 2. The molecule has 3 heterocycles. The van der Waals surface area contributed by atoms with Crippen molar-refractivity contribution >= 4 is 29.2 Å². The largest absolute Gasteiger partial charge is 0.495 e. The zero-order valence-electron chi connectivity index (χ0n) is 17.0. The molecule has 9 nitrogen and oxygen atoms in total. The van der Waals surface area contributed by atoms with Crippen LogP contribution in [0.4, 0.5) is 10.5 Å². The van der Waals surface area contributed by atoms with E-state index in [1.807, 2.05) is 7.05 Å². The fraction of sp³-hybridized carbons (Fsp3) is 0.450. The maximum atomic E-state index is 13.0. The second kappa shape index (κ2) is 8.53. The summed E-state index contributed by atoms with van der Waals surface area (Å²) in [5.41, 5.74) is 2.69. The van der Waals surface area contributed by atoms with Gasteiger partial charge in [-0.05, 0) is 18.2 Å². The van der Waals surface area contributed by atoms with Gasteiger partial charge in [0.1, 0.15) is 5.75 Å². The molecule has 0 aliphatic carbocycles. The summed E-state index contributed by atoms with van der Waals surface area (Å²) in [5.74, 6) is 0.406. The number of morpholine rings is 1. The van der Waals surface area contributed by atoms with Gasteiger partial charge in [-0.2, -0.15) is 5.10 Å². The predicted molar refractivity (Wildman–Crippen MR) is 111 cm³/mol. The van der Waals surface area contributed by atoms with Crippen molar-refractivity contribution in [2.24, 2.45) is 7.05 Å². The fourth-order valence-corrected chi connectivity index (χ4v) is 4.00. The van der Waals surface area contributed by atoms with E-state index in [9.17, 15) is 9.59 Å². The van der Waals surface area contributed by atoms with Crippen molar-refractivity contribution < 1.29 is 19.1 Å². The van der Waals surface area contributed by atoms with E-state index in [0.29, 0.717) is 68.0 Å². The molecule has 0 bridgehead atoms. The van der Waals surface area contributed by atoms with E-state index in [0.717, 1.165) is 11.3 Å². The molecule has 10 heteroatoms. The summed E-state index contributed by atoms with van der Waals surface area (Å²) in [6.07, 6.45) is 0.620. The molecule has 30 heavy (non-hydrogen) atoms. The van der Waals surface area contributed by atoms with Crippen molar-refractivity contribution in [3.63, 3.8) is 0 Å². The third kappa shape index (κ3) is 3.95. The summed E-state index contributed by atoms with van der Waals surface area (Å²) in [4.78, 5) is 29.4. The van der Waals surface area contributed by atoms with E-state index in [1.54, 1.807) is 32.7 Å². The van der Waals surface area contributed by atoms with Gasteiger partial charge < -0.3 is 24.6 Å². The Hall–Kier alpha value is -2.78. The molecule has 1 aromatic heterocycles. The highest BCUT2D eigenvalue weighted by Gasteiger charge is 2.32. The fourth-order valence-electron chi connectivity index (χ4n) is 3.83. The second-order valence-electron chi connectivity index (χ2n) is 7.25. The number of fused-ring (bicyclic) bond motifs is 1. The van der Waals surface area contributed by atoms with E-state index < -0.39 is 0 Å². The minimum Gasteiger partial charge on any atom is -0.495 e. The van der Waals surface area contributed by atoms with Gasteiger partial charge in [0.15, 0.2) is 5.69 Å². The molecule has 0 unspecified atom stereocenters. The van der Waals surface area contributed by atoms with E-state index in [-0.39, 0.29) is 11.9 Å². The summed E-state index contributed by atoms with van der Waals surface area (Å²) in [6, 6.07) is 4.76. The zero-order valence-corrected chi connectivity index (χ0v) is 17.7. The zero-order chi connectivity index (χ0) is 21.3. The number of hydrogen-bond acceptors (Lipinski definition) is 5. The van der Waals surface area contributed by atoms with Crippen molar-refractivity contribution in [2.75, 3.05) is 45.3 Å². The highest BCUT2D eigenvalue weighted by atomic mass is 35.5. The molecular weight excluding hydrogens is 410 g/mol. The topological polar surface area (TPSA) is 88.9 Å². The number of halogens is 1. The smallest absolute Gasteiger partial charge is 0.322 e. The van der Waals surface area contributed by atoms with Gasteiger partial charge >= 0.3 is 6.03 Å². The molecule has 2 aliphatic heterocycles. The molecule has 0 spiro atoms. The summed E-state index contributed by atoms with van der Waals surface area (Å²) in [7, 11) is 3.37. The molecule has 1 N–H and O–H groups in total. The molecule has 4 rings (SSSR count). The molecule has 1 aromatic carbocycles. The first kappa shape index (κ1) is 20.5. The Kier molecular flexibility index (Phi) is 5.83. The van der Waals surface area contributed by atoms with Gasteiger partial charge in [-0.15, -0.1) is 0 Å². The monoisotopic (exact) mass is 433 g/mol. The summed E-state index contributed by atoms with van der Waals surface area (Å²) >= 11 is 6.06. The number of ether oxygens (including phenoxy) is 2. The van der Waals surface area contributed by atoms with Gasteiger partial charge in [0.05, 0.1) is 32.6 Å². The van der Waals surface area contributed by atoms with Crippen LogP contribution in [0.25, 0.3) is 0 Å². The van der Waals surface area contributed by atoms with Gasteiger partial charge in [0.25, 0.3) is 5.91 Å². The SMILES string of the molecule is COc1ccc(Cl)cc1NC(=O)N1CCc2c(c(C(=O)N3CCOCC3)nn2C)C1. The van der Waals surface area contributed by atoms with Crippen LogP contribution in [0.5, 0.6) is 5.75 Å². The summed E-state index contributed by atoms with van der Waals surface area (Å²) in [5, 5.41) is 7.83. The van der Waals surface area contributed by atoms with Gasteiger partial charge in [-0.25, -0.2) is 4.79 Å². The molecule has 3 amide bonds. The van der Waals surface area contributed by atoms with Gasteiger partial charge in [-0.3, -0.25) is 9.48 Å². The first-order valence-corrected chi connectivity index (χ1v) is 10.2. The third-order valence-corrected chi connectivity index (χ3v) is 5.67. The summed E-state index contributed by atoms with van der Waals surface area (Å²) < 4.78 is 12.4. The molecule has 0 saturated carbocycles. The normalized spacial score (nSPS) is 16.2. The minimum absolute atomic E-state index is 0.117. The minimum atomic E-state index is -0.283. The van der Waals surface area contributed by atoms with Crippen molar-refractivity contribution in [3.8, 4) is 5.75 Å². The van der Waals surface area contributed by atoms with Crippen LogP contribution < -0.4 is 10.1 Å². The molecular formula is C20H24ClN5O4. The van der Waals surface area contributed by atoms with Crippen LogP contribution in [0, 0.1) is 0 Å². The van der Waals surface area contributed by atoms with Crippen molar-refractivity contribution in [2.45, 2.75) is 13.0 Å². The molecule has 2 aliphatic rings. The van der Waals surface area contributed by atoms with Crippen LogP contribution in [-0.4, -0.2) is 71.5 Å². The van der Waals surface area contributed by atoms with Crippen LogP contribution in [-0.2, 0) is 24.8 Å². The number of hydrogen-bond donors (Lipinski definition) is 1. The molecule has 2 aromatic rings. The van der Waals surface area contributed by atoms with E-state index in [4.69, 9.17) is 21.1 Å². The summed E-state index contributed by atoms with van der Waals surface area (Å²) in [6.45, 7) is 2.97. The van der Waals surface area contributed by atoms with E-state index in [2.05, 4.69) is 10.4 Å². The Labute approximate surface area is 179 Å². The Morgan fingerprint density at radius 3 is 2.70 bits per heavy atom. The lowest BCUT2D eigenvalue weighted by Gasteiger charge is -2.29. The average Bonchev–Trinajstić information content (AvgIpc) is 3.10. The Morgan fingerprint density at radius 2 is 1.97 bits per heavy atom. The molecule has 1 fully saturated rings. The first-order valence-electron chi connectivity index (χ1n) is 9.79. The van der Waals surface area contributed by atoms with Crippen molar-refractivity contribution in [1.29, 1.82) is 0 Å². The third-order valence-electron chi connectivity index (χ3n) is 5.43. The Morgan fingerprint density at radius 1 is 1.20 bits per heavy atom. The first-order chi connectivity index (χ1) is 14.5. The van der Waals surface area contributed by atoms with Crippen LogP contribution in [0.3, 0.4) is 0 Å². The number of nitrogens with zero attached hydrogens (tertiary/aromatic N) is 4. The van der Waals surface area contributed by atoms with Crippen LogP contribution in [0.1, 0.15) is 21.7 Å². The Bertz CT molecular complexity index is 970. The van der Waals surface area contributed by atoms with Crippen LogP contribution in [0.2, 0.25) is 5.02 Å². The second-order valence-corrected chi connectivity index (χ2v) is 7.68. The molecule has 1 saturated heterocycles. The predicted octanol–water partition coefficient (Wildman–Crippen LogP) is 2.14. The number of aromatic nitrogens is 2. The van der Waals surface area contributed by atoms with Gasteiger partial charge in [0.2, 0.25) is 0 Å². The average molecular weight is 434 g/mol. The molecule has 0 atom stereocenters. The van der Waals surface area contributed by atoms with Crippen molar-refractivity contribution in [3.05, 3.63) is 40.2 Å². The number of rotatable bonds is 3. The quantitative estimate of drug-likeness (QED) is 0.801. The number of urea groups is 1. The molecule has 160 valence electrons. The van der Waals surface area contributed by atoms with Gasteiger partial charge in [0, 0.05) is 49.4 Å². The lowest BCUT2D eigenvalue weighted by molar-refractivity contribution is 0.0297. The number of carbonyl (C=O) groups is 2. The van der Waals surface area contributed by atoms with E-state index >= 15 is 0 Å². The highest BCUT2D eigenvalue weighted by molar-refractivity contribution is 6.31. The number of nitrogens with one attached hydrogen (secondary N) is 1.